The molecule has 0 atom stereocenters. The van der Waals surface area contributed by atoms with E-state index in [1.807, 2.05) is 31.4 Å². The Morgan fingerprint density at radius 3 is 2.68 bits per heavy atom. The van der Waals surface area contributed by atoms with E-state index in [2.05, 4.69) is 5.32 Å². The highest BCUT2D eigenvalue weighted by Gasteiger charge is 2.26. The van der Waals surface area contributed by atoms with Gasteiger partial charge >= 0.3 is 0 Å². The van der Waals surface area contributed by atoms with Crippen LogP contribution in [0.4, 0.5) is 0 Å². The first kappa shape index (κ1) is 14.5. The van der Waals surface area contributed by atoms with E-state index in [1.54, 1.807) is 11.3 Å². The van der Waals surface area contributed by atoms with Gasteiger partial charge < -0.3 is 10.4 Å². The minimum absolute atomic E-state index is 0.0341. The topological polar surface area (TPSA) is 49.3 Å². The van der Waals surface area contributed by atoms with Gasteiger partial charge in [0.2, 0.25) is 0 Å². The van der Waals surface area contributed by atoms with E-state index >= 15 is 0 Å². The molecule has 0 spiro atoms. The molecule has 2 aromatic heterocycles. The number of amides is 1. The monoisotopic (exact) mass is 297 g/mol. The second kappa shape index (κ2) is 6.03. The van der Waals surface area contributed by atoms with Gasteiger partial charge in [0, 0.05) is 21.4 Å². The molecule has 0 bridgehead atoms. The van der Waals surface area contributed by atoms with E-state index in [0.717, 1.165) is 27.1 Å². The summed E-state index contributed by atoms with van der Waals surface area (Å²) in [7, 11) is 0. The summed E-state index contributed by atoms with van der Waals surface area (Å²) in [5, 5.41) is 14.5. The second-order valence-electron chi connectivity index (χ2n) is 4.81. The molecule has 2 N–H and O–H groups in total. The lowest BCUT2D eigenvalue weighted by Gasteiger charge is -2.29. The van der Waals surface area contributed by atoms with Crippen LogP contribution >= 0.6 is 22.7 Å². The van der Waals surface area contributed by atoms with Crippen molar-refractivity contribution in [3.05, 3.63) is 22.4 Å². The molecule has 3 nitrogen and oxygen atoms in total. The van der Waals surface area contributed by atoms with Crippen molar-refractivity contribution < 1.29 is 9.90 Å². The maximum atomic E-state index is 12.1. The maximum Gasteiger partial charge on any atom is 0.261 e. The van der Waals surface area contributed by atoms with Gasteiger partial charge in [-0.2, -0.15) is 0 Å². The first-order valence-electron chi connectivity index (χ1n) is 6.50. The number of thiophene rings is 2. The molecule has 19 heavy (non-hydrogen) atoms. The summed E-state index contributed by atoms with van der Waals surface area (Å²) in [6, 6.07) is 3.98. The quantitative estimate of drug-likeness (QED) is 0.857. The number of hydrogen-bond donors (Lipinski definition) is 2. The van der Waals surface area contributed by atoms with Crippen LogP contribution in [0.1, 0.15) is 36.4 Å². The molecule has 5 heteroatoms. The zero-order valence-corrected chi connectivity index (χ0v) is 12.9. The zero-order valence-electron chi connectivity index (χ0n) is 11.2. The average Bonchev–Trinajstić information content (AvgIpc) is 3.01. The normalized spacial score (nSPS) is 11.9. The van der Waals surface area contributed by atoms with Crippen molar-refractivity contribution in [3.8, 4) is 0 Å². The van der Waals surface area contributed by atoms with Gasteiger partial charge in [-0.15, -0.1) is 22.7 Å². The fraction of sp³-hybridized carbons (Fsp3) is 0.500. The Balaban J connectivity index is 2.03. The van der Waals surface area contributed by atoms with Crippen molar-refractivity contribution in [3.63, 3.8) is 0 Å². The predicted octanol–water partition coefficient (Wildman–Crippen LogP) is 3.49. The number of nitrogens with one attached hydrogen (secondary N) is 1. The third-order valence-electron chi connectivity index (χ3n) is 3.82. The molecule has 0 aromatic carbocycles. The standard InChI is InChI=1S/C14H19NO2S2/c1-3-14(4-2,9-16)8-15-13(17)12-7-11-10(19-12)5-6-18-11/h5-7,16H,3-4,8-9H2,1-2H3,(H,15,17). The highest BCUT2D eigenvalue weighted by atomic mass is 32.1. The lowest BCUT2D eigenvalue weighted by Crippen LogP contribution is -2.39. The van der Waals surface area contributed by atoms with Crippen LogP contribution in [0.5, 0.6) is 0 Å². The summed E-state index contributed by atoms with van der Waals surface area (Å²) < 4.78 is 2.32. The van der Waals surface area contributed by atoms with Crippen LogP contribution in [0, 0.1) is 5.41 Å². The van der Waals surface area contributed by atoms with Crippen molar-refractivity contribution in [2.45, 2.75) is 26.7 Å². The smallest absolute Gasteiger partial charge is 0.261 e. The van der Waals surface area contributed by atoms with Crippen LogP contribution in [0.2, 0.25) is 0 Å². The summed E-state index contributed by atoms with van der Waals surface area (Å²) in [4.78, 5) is 12.9. The van der Waals surface area contributed by atoms with Crippen LogP contribution in [0.3, 0.4) is 0 Å². The molecular formula is C14H19NO2S2. The van der Waals surface area contributed by atoms with E-state index in [0.29, 0.717) is 6.54 Å². The number of aliphatic hydroxyl groups excluding tert-OH is 1. The van der Waals surface area contributed by atoms with Gasteiger partial charge in [0.25, 0.3) is 5.91 Å². The third-order valence-corrected chi connectivity index (χ3v) is 5.91. The lowest BCUT2D eigenvalue weighted by atomic mass is 9.83. The van der Waals surface area contributed by atoms with Crippen LogP contribution < -0.4 is 5.32 Å². The number of carbonyl (C=O) groups excluding carboxylic acids is 1. The predicted molar refractivity (Wildman–Crippen MR) is 82.1 cm³/mol. The van der Waals surface area contributed by atoms with Crippen molar-refractivity contribution in [1.82, 2.24) is 5.32 Å². The Bertz CT molecular complexity index is 518. The van der Waals surface area contributed by atoms with E-state index in [4.69, 9.17) is 0 Å². The van der Waals surface area contributed by atoms with Crippen molar-refractivity contribution in [1.29, 1.82) is 0 Å². The van der Waals surface area contributed by atoms with Crippen LogP contribution in [0.25, 0.3) is 9.40 Å². The SMILES string of the molecule is CCC(CC)(CO)CNC(=O)c1cc2sccc2s1. The van der Waals surface area contributed by atoms with E-state index in [-0.39, 0.29) is 17.9 Å². The lowest BCUT2D eigenvalue weighted by molar-refractivity contribution is 0.0854. The molecule has 2 heterocycles. The fourth-order valence-corrected chi connectivity index (χ4v) is 4.04. The van der Waals surface area contributed by atoms with Gasteiger partial charge in [0.15, 0.2) is 0 Å². The number of carbonyl (C=O) groups is 1. The summed E-state index contributed by atoms with van der Waals surface area (Å²) in [6.45, 7) is 4.74. The molecule has 0 radical (unpaired) electrons. The highest BCUT2D eigenvalue weighted by Crippen LogP contribution is 2.30. The summed E-state index contributed by atoms with van der Waals surface area (Å²) in [5.41, 5.74) is -0.190. The number of hydrogen-bond acceptors (Lipinski definition) is 4. The minimum Gasteiger partial charge on any atom is -0.396 e. The average molecular weight is 297 g/mol. The maximum absolute atomic E-state index is 12.1. The molecule has 1 amide bonds. The number of rotatable bonds is 6. The largest absolute Gasteiger partial charge is 0.396 e. The molecule has 0 unspecified atom stereocenters. The minimum atomic E-state index is -0.190. The van der Waals surface area contributed by atoms with Crippen LogP contribution in [-0.4, -0.2) is 24.2 Å². The third kappa shape index (κ3) is 2.99. The van der Waals surface area contributed by atoms with Gasteiger partial charge in [0.1, 0.15) is 0 Å². The highest BCUT2D eigenvalue weighted by molar-refractivity contribution is 7.27. The van der Waals surface area contributed by atoms with E-state index < -0.39 is 0 Å². The Morgan fingerprint density at radius 2 is 2.11 bits per heavy atom. The number of fused-ring (bicyclic) bond motifs is 1. The molecule has 0 saturated heterocycles. The fourth-order valence-electron chi connectivity index (χ4n) is 2.01. The Morgan fingerprint density at radius 1 is 1.37 bits per heavy atom. The molecule has 2 aromatic rings. The van der Waals surface area contributed by atoms with Crippen molar-refractivity contribution in [2.75, 3.05) is 13.2 Å². The summed E-state index contributed by atoms with van der Waals surface area (Å²) in [6.07, 6.45) is 1.72. The molecule has 0 aliphatic rings. The molecule has 2 rings (SSSR count). The van der Waals surface area contributed by atoms with Gasteiger partial charge in [-0.3, -0.25) is 4.79 Å². The molecule has 0 fully saturated rings. The first-order chi connectivity index (χ1) is 9.14. The van der Waals surface area contributed by atoms with Gasteiger partial charge in [-0.1, -0.05) is 13.8 Å². The second-order valence-corrected chi connectivity index (χ2v) is 6.84. The van der Waals surface area contributed by atoms with Gasteiger partial charge in [-0.25, -0.2) is 0 Å². The molecular weight excluding hydrogens is 278 g/mol. The summed E-state index contributed by atoms with van der Waals surface area (Å²) >= 11 is 3.17. The van der Waals surface area contributed by atoms with Crippen molar-refractivity contribution in [2.24, 2.45) is 5.41 Å². The number of aliphatic hydroxyl groups is 1. The van der Waals surface area contributed by atoms with E-state index in [1.165, 1.54) is 11.3 Å². The Labute approximate surface area is 121 Å². The molecule has 0 aliphatic heterocycles. The Kier molecular flexibility index (Phi) is 4.60. The van der Waals surface area contributed by atoms with E-state index in [9.17, 15) is 9.90 Å². The molecule has 104 valence electrons. The van der Waals surface area contributed by atoms with Crippen LogP contribution in [-0.2, 0) is 0 Å². The zero-order chi connectivity index (χ0) is 13.9. The van der Waals surface area contributed by atoms with Crippen LogP contribution in [0.15, 0.2) is 17.5 Å². The van der Waals surface area contributed by atoms with Gasteiger partial charge in [-0.05, 0) is 30.4 Å². The van der Waals surface area contributed by atoms with Gasteiger partial charge in [0.05, 0.1) is 11.5 Å². The summed E-state index contributed by atoms with van der Waals surface area (Å²) in [5.74, 6) is -0.0341. The first-order valence-corrected chi connectivity index (χ1v) is 8.20. The van der Waals surface area contributed by atoms with Crippen molar-refractivity contribution >= 4 is 38.0 Å². The Hall–Kier alpha value is -0.910. The molecule has 0 aliphatic carbocycles. The molecule has 0 saturated carbocycles.